The van der Waals surface area contributed by atoms with E-state index in [9.17, 15) is 0 Å². The molecule has 72 valence electrons. The van der Waals surface area contributed by atoms with Crippen molar-refractivity contribution in [3.63, 3.8) is 0 Å². The maximum Gasteiger partial charge on any atom is 0.129 e. The molecule has 1 aromatic carbocycles. The number of aromatic nitrogens is 1. The van der Waals surface area contributed by atoms with Crippen molar-refractivity contribution >= 4 is 11.6 Å². The van der Waals surface area contributed by atoms with Crippen molar-refractivity contribution < 1.29 is 4.74 Å². The van der Waals surface area contributed by atoms with Gasteiger partial charge < -0.3 is 9.72 Å². The van der Waals surface area contributed by atoms with Gasteiger partial charge in [0.15, 0.2) is 0 Å². The molecule has 0 saturated heterocycles. The van der Waals surface area contributed by atoms with E-state index in [1.54, 1.807) is 13.2 Å². The van der Waals surface area contributed by atoms with Crippen LogP contribution in [-0.2, 0) is 0 Å². The number of benzene rings is 1. The van der Waals surface area contributed by atoms with Gasteiger partial charge in [0.2, 0.25) is 0 Å². The van der Waals surface area contributed by atoms with Crippen molar-refractivity contribution in [1.29, 1.82) is 0 Å². The Labute approximate surface area is 87.5 Å². The van der Waals surface area contributed by atoms with E-state index >= 15 is 0 Å². The highest BCUT2D eigenvalue weighted by molar-refractivity contribution is 6.30. The normalized spacial score (nSPS) is 10.1. The van der Waals surface area contributed by atoms with E-state index in [1.165, 1.54) is 0 Å². The second kappa shape index (κ2) is 3.76. The second-order valence-corrected chi connectivity index (χ2v) is 3.36. The highest BCUT2D eigenvalue weighted by Gasteiger charge is 2.06. The van der Waals surface area contributed by atoms with Crippen LogP contribution in [0, 0.1) is 0 Å². The van der Waals surface area contributed by atoms with Gasteiger partial charge in [-0.25, -0.2) is 0 Å². The van der Waals surface area contributed by atoms with Crippen LogP contribution in [0.25, 0.3) is 11.3 Å². The summed E-state index contributed by atoms with van der Waals surface area (Å²) in [5, 5.41) is 0.678. The number of hydrogen-bond acceptors (Lipinski definition) is 1. The topological polar surface area (TPSA) is 25.0 Å². The molecule has 0 spiro atoms. The molecule has 1 N–H and O–H groups in total. The van der Waals surface area contributed by atoms with Gasteiger partial charge in [-0.3, -0.25) is 0 Å². The van der Waals surface area contributed by atoms with Crippen LogP contribution in [-0.4, -0.2) is 12.1 Å². The Balaban J connectivity index is 2.53. The Morgan fingerprint density at radius 2 is 2.14 bits per heavy atom. The van der Waals surface area contributed by atoms with Crippen LogP contribution in [0.2, 0.25) is 5.02 Å². The van der Waals surface area contributed by atoms with E-state index in [4.69, 9.17) is 16.3 Å². The minimum absolute atomic E-state index is 0.678. The summed E-state index contributed by atoms with van der Waals surface area (Å²) in [5.41, 5.74) is 2.04. The predicted octanol–water partition coefficient (Wildman–Crippen LogP) is 3.34. The first-order valence-electron chi connectivity index (χ1n) is 4.28. The lowest BCUT2D eigenvalue weighted by Gasteiger charge is -2.06. The zero-order chi connectivity index (χ0) is 9.97. The van der Waals surface area contributed by atoms with E-state index in [2.05, 4.69) is 4.98 Å². The summed E-state index contributed by atoms with van der Waals surface area (Å²) in [4.78, 5) is 3.12. The predicted molar refractivity (Wildman–Crippen MR) is 57.8 cm³/mol. The number of H-pyrrole nitrogens is 1. The maximum absolute atomic E-state index is 5.87. The zero-order valence-electron chi connectivity index (χ0n) is 7.75. The molecular formula is C11H10ClNO. The molecule has 2 nitrogen and oxygen atoms in total. The molecule has 2 aromatic rings. The first-order chi connectivity index (χ1) is 6.81. The third-order valence-corrected chi connectivity index (χ3v) is 2.29. The van der Waals surface area contributed by atoms with Crippen molar-refractivity contribution in [1.82, 2.24) is 4.98 Å². The summed E-state index contributed by atoms with van der Waals surface area (Å²) in [6.45, 7) is 0. The molecule has 0 aliphatic carbocycles. The number of methoxy groups -OCH3 is 1. The minimum atomic E-state index is 0.678. The lowest BCUT2D eigenvalue weighted by molar-refractivity contribution is 0.416. The van der Waals surface area contributed by atoms with E-state index < -0.39 is 0 Å². The first kappa shape index (κ1) is 9.16. The van der Waals surface area contributed by atoms with Crippen molar-refractivity contribution in [3.8, 4) is 17.0 Å². The molecule has 0 radical (unpaired) electrons. The number of aromatic amines is 1. The molecule has 0 amide bonds. The quantitative estimate of drug-likeness (QED) is 0.803. The molecule has 2 rings (SSSR count). The maximum atomic E-state index is 5.87. The van der Waals surface area contributed by atoms with Crippen molar-refractivity contribution in [2.75, 3.05) is 7.11 Å². The molecule has 0 unspecified atom stereocenters. The van der Waals surface area contributed by atoms with Gasteiger partial charge in [-0.15, -0.1) is 0 Å². The zero-order valence-corrected chi connectivity index (χ0v) is 8.51. The molecule has 1 heterocycles. The summed E-state index contributed by atoms with van der Waals surface area (Å²) >= 11 is 5.87. The molecular weight excluding hydrogens is 198 g/mol. The lowest BCUT2D eigenvalue weighted by Crippen LogP contribution is -1.87. The van der Waals surface area contributed by atoms with Crippen LogP contribution >= 0.6 is 11.6 Å². The molecule has 0 saturated carbocycles. The Hall–Kier alpha value is -1.41. The molecule has 0 fully saturated rings. The fourth-order valence-corrected chi connectivity index (χ4v) is 1.55. The summed E-state index contributed by atoms with van der Waals surface area (Å²) in [6.07, 6.45) is 1.88. The number of rotatable bonds is 2. The van der Waals surface area contributed by atoms with Gasteiger partial charge in [0.05, 0.1) is 7.11 Å². The fourth-order valence-electron chi connectivity index (χ4n) is 1.39. The molecule has 0 atom stereocenters. The average molecular weight is 208 g/mol. The molecule has 0 bridgehead atoms. The van der Waals surface area contributed by atoms with Gasteiger partial charge >= 0.3 is 0 Å². The van der Waals surface area contributed by atoms with Gasteiger partial charge in [-0.1, -0.05) is 11.6 Å². The molecule has 0 aliphatic rings. The number of nitrogens with one attached hydrogen (secondary N) is 1. The van der Waals surface area contributed by atoms with Crippen LogP contribution in [0.3, 0.4) is 0 Å². The Bertz CT molecular complexity index is 423. The number of ether oxygens (including phenoxy) is 1. The van der Waals surface area contributed by atoms with Crippen LogP contribution in [0.5, 0.6) is 5.75 Å². The largest absolute Gasteiger partial charge is 0.496 e. The van der Waals surface area contributed by atoms with Gasteiger partial charge in [0, 0.05) is 22.5 Å². The van der Waals surface area contributed by atoms with Crippen LogP contribution < -0.4 is 4.74 Å². The number of halogens is 1. The van der Waals surface area contributed by atoms with Gasteiger partial charge in [-0.2, -0.15) is 0 Å². The smallest absolute Gasteiger partial charge is 0.129 e. The highest BCUT2D eigenvalue weighted by Crippen LogP contribution is 2.30. The van der Waals surface area contributed by atoms with Gasteiger partial charge in [0.1, 0.15) is 5.75 Å². The first-order valence-corrected chi connectivity index (χ1v) is 4.66. The summed E-state index contributed by atoms with van der Waals surface area (Å²) < 4.78 is 5.25. The van der Waals surface area contributed by atoms with Gasteiger partial charge in [-0.05, 0) is 30.3 Å². The third kappa shape index (κ3) is 1.61. The lowest BCUT2D eigenvalue weighted by atomic mass is 10.1. The highest BCUT2D eigenvalue weighted by atomic mass is 35.5. The third-order valence-electron chi connectivity index (χ3n) is 2.05. The van der Waals surface area contributed by atoms with Crippen molar-refractivity contribution in [2.45, 2.75) is 0 Å². The van der Waals surface area contributed by atoms with E-state index in [0.29, 0.717) is 5.02 Å². The SMILES string of the molecule is COc1cc(Cl)ccc1-c1ccc[nH]1. The van der Waals surface area contributed by atoms with E-state index in [-0.39, 0.29) is 0 Å². The molecule has 3 heteroatoms. The van der Waals surface area contributed by atoms with Crippen LogP contribution in [0.4, 0.5) is 0 Å². The van der Waals surface area contributed by atoms with E-state index in [1.807, 2.05) is 30.5 Å². The van der Waals surface area contributed by atoms with Crippen LogP contribution in [0.15, 0.2) is 36.5 Å². The van der Waals surface area contributed by atoms with Crippen molar-refractivity contribution in [2.24, 2.45) is 0 Å². The minimum Gasteiger partial charge on any atom is -0.496 e. The monoisotopic (exact) mass is 207 g/mol. The Kier molecular flexibility index (Phi) is 2.46. The molecule has 14 heavy (non-hydrogen) atoms. The summed E-state index contributed by atoms with van der Waals surface area (Å²) in [7, 11) is 1.64. The Morgan fingerprint density at radius 3 is 2.79 bits per heavy atom. The second-order valence-electron chi connectivity index (χ2n) is 2.93. The standard InChI is InChI=1S/C11H10ClNO/c1-14-11-7-8(12)4-5-9(11)10-3-2-6-13-10/h2-7,13H,1H3. The molecule has 0 aliphatic heterocycles. The van der Waals surface area contributed by atoms with E-state index in [0.717, 1.165) is 17.0 Å². The Morgan fingerprint density at radius 1 is 1.29 bits per heavy atom. The summed E-state index contributed by atoms with van der Waals surface area (Å²) in [6, 6.07) is 9.53. The average Bonchev–Trinajstić information content (AvgIpc) is 2.70. The fraction of sp³-hybridized carbons (Fsp3) is 0.0909. The van der Waals surface area contributed by atoms with Crippen molar-refractivity contribution in [3.05, 3.63) is 41.6 Å². The summed E-state index contributed by atoms with van der Waals surface area (Å²) in [5.74, 6) is 0.778. The number of hydrogen-bond donors (Lipinski definition) is 1. The molecule has 1 aromatic heterocycles. The van der Waals surface area contributed by atoms with Gasteiger partial charge in [0.25, 0.3) is 0 Å². The van der Waals surface area contributed by atoms with Crippen LogP contribution in [0.1, 0.15) is 0 Å².